The molecule has 0 spiro atoms. The number of rotatable bonds is 2. The van der Waals surface area contributed by atoms with Crippen LogP contribution in [0.25, 0.3) is 0 Å². The highest BCUT2D eigenvalue weighted by atomic mass is 32.2. The van der Waals surface area contributed by atoms with Crippen LogP contribution in [-0.4, -0.2) is 18.7 Å². The van der Waals surface area contributed by atoms with E-state index in [1.165, 1.54) is 11.1 Å². The summed E-state index contributed by atoms with van der Waals surface area (Å²) in [6, 6.07) is 8.36. The summed E-state index contributed by atoms with van der Waals surface area (Å²) in [5, 5.41) is 0. The summed E-state index contributed by atoms with van der Waals surface area (Å²) in [5.74, 6) is -0.368. The Bertz CT molecular complexity index is 387. The van der Waals surface area contributed by atoms with Crippen LogP contribution in [0.2, 0.25) is 0 Å². The smallest absolute Gasteiger partial charge is 0.268 e. The van der Waals surface area contributed by atoms with Gasteiger partial charge >= 0.3 is 0 Å². The number of hydrogen-bond donors (Lipinski definition) is 1. The molecule has 0 unspecified atom stereocenters. The molecular weight excluding hydrogens is 212 g/mol. The second-order valence-corrected chi connectivity index (χ2v) is 4.62. The molecule has 1 aromatic rings. The summed E-state index contributed by atoms with van der Waals surface area (Å²) in [7, 11) is -3.79. The van der Waals surface area contributed by atoms with Gasteiger partial charge in [0.05, 0.1) is 5.75 Å². The van der Waals surface area contributed by atoms with E-state index in [9.17, 15) is 8.42 Å². The highest BCUT2D eigenvalue weighted by Crippen LogP contribution is 2.02. The summed E-state index contributed by atoms with van der Waals surface area (Å²) < 4.78 is 27.3. The van der Waals surface area contributed by atoms with E-state index in [1.54, 1.807) is 0 Å². The third-order valence-corrected chi connectivity index (χ3v) is 2.41. The predicted octanol–water partition coefficient (Wildman–Crippen LogP) is 2.36. The van der Waals surface area contributed by atoms with E-state index in [-0.39, 0.29) is 5.75 Å². The topological polar surface area (TPSA) is 54.4 Å². The van der Waals surface area contributed by atoms with Crippen LogP contribution < -0.4 is 0 Å². The minimum Gasteiger partial charge on any atom is -0.285 e. The molecule has 0 saturated heterocycles. The highest BCUT2D eigenvalue weighted by molar-refractivity contribution is 7.85. The lowest BCUT2D eigenvalue weighted by atomic mass is 10.1. The van der Waals surface area contributed by atoms with Gasteiger partial charge in [0.15, 0.2) is 0 Å². The molecule has 0 radical (unpaired) electrons. The van der Waals surface area contributed by atoms with Crippen molar-refractivity contribution >= 4 is 10.1 Å². The summed E-state index contributed by atoms with van der Waals surface area (Å²) in [5.41, 5.74) is 2.74. The van der Waals surface area contributed by atoms with Crippen molar-refractivity contribution in [1.29, 1.82) is 0 Å². The van der Waals surface area contributed by atoms with Gasteiger partial charge in [-0.15, -0.1) is 6.58 Å². The zero-order valence-corrected chi connectivity index (χ0v) is 9.79. The fraction of sp³-hybridized carbons (Fsp3) is 0.273. The molecule has 0 saturated carbocycles. The minimum atomic E-state index is -3.79. The molecule has 4 heteroatoms. The van der Waals surface area contributed by atoms with E-state index in [2.05, 4.69) is 44.7 Å². The van der Waals surface area contributed by atoms with E-state index in [0.717, 1.165) is 6.08 Å². The molecule has 3 nitrogen and oxygen atoms in total. The molecule has 0 heterocycles. The third-order valence-electron chi connectivity index (χ3n) is 1.75. The van der Waals surface area contributed by atoms with Crippen molar-refractivity contribution in [2.75, 3.05) is 5.75 Å². The quantitative estimate of drug-likeness (QED) is 0.624. The number of hydrogen-bond acceptors (Lipinski definition) is 2. The fourth-order valence-corrected chi connectivity index (χ4v) is 1.11. The van der Waals surface area contributed by atoms with Crippen LogP contribution in [0.15, 0.2) is 36.9 Å². The van der Waals surface area contributed by atoms with Crippen LogP contribution in [-0.2, 0) is 10.1 Å². The van der Waals surface area contributed by atoms with E-state index < -0.39 is 10.1 Å². The molecule has 1 aromatic carbocycles. The number of benzene rings is 1. The average Bonchev–Trinajstić information content (AvgIpc) is 2.09. The van der Waals surface area contributed by atoms with Crippen LogP contribution in [0.4, 0.5) is 0 Å². The molecule has 0 bridgehead atoms. The molecule has 0 aliphatic carbocycles. The Balaban J connectivity index is 0.000000265. The Morgan fingerprint density at radius 2 is 1.67 bits per heavy atom. The number of aryl methyl sites for hydroxylation is 2. The molecule has 0 fully saturated rings. The van der Waals surface area contributed by atoms with Crippen molar-refractivity contribution in [2.24, 2.45) is 0 Å². The SMILES string of the molecule is C=CCS(=O)(=O)O.Cc1ccccc1C. The summed E-state index contributed by atoms with van der Waals surface area (Å²) in [6.45, 7) is 7.35. The van der Waals surface area contributed by atoms with Gasteiger partial charge in [-0.3, -0.25) is 4.55 Å². The lowest BCUT2D eigenvalue weighted by Crippen LogP contribution is -1.99. The van der Waals surface area contributed by atoms with Crippen molar-refractivity contribution in [2.45, 2.75) is 13.8 Å². The third kappa shape index (κ3) is 7.90. The van der Waals surface area contributed by atoms with E-state index in [1.807, 2.05) is 0 Å². The van der Waals surface area contributed by atoms with Gasteiger partial charge < -0.3 is 0 Å². The summed E-state index contributed by atoms with van der Waals surface area (Å²) in [6.07, 6.45) is 1.12. The molecule has 0 amide bonds. The molecule has 0 aromatic heterocycles. The van der Waals surface area contributed by atoms with Gasteiger partial charge in [0.25, 0.3) is 10.1 Å². The Hall–Kier alpha value is -1.13. The summed E-state index contributed by atoms with van der Waals surface area (Å²) in [4.78, 5) is 0. The van der Waals surface area contributed by atoms with Gasteiger partial charge in [-0.25, -0.2) is 0 Å². The molecule has 0 aliphatic rings. The van der Waals surface area contributed by atoms with E-state index >= 15 is 0 Å². The minimum absolute atomic E-state index is 0.368. The van der Waals surface area contributed by atoms with Crippen LogP contribution >= 0.6 is 0 Å². The van der Waals surface area contributed by atoms with Gasteiger partial charge in [0.1, 0.15) is 0 Å². The lowest BCUT2D eigenvalue weighted by molar-refractivity contribution is 0.487. The van der Waals surface area contributed by atoms with Crippen LogP contribution in [0.1, 0.15) is 11.1 Å². The Labute approximate surface area is 91.2 Å². The Morgan fingerprint density at radius 1 is 1.27 bits per heavy atom. The van der Waals surface area contributed by atoms with Gasteiger partial charge in [-0.05, 0) is 25.0 Å². The van der Waals surface area contributed by atoms with Gasteiger partial charge in [-0.1, -0.05) is 30.3 Å². The van der Waals surface area contributed by atoms with Gasteiger partial charge in [0.2, 0.25) is 0 Å². The maximum atomic E-state index is 9.72. The lowest BCUT2D eigenvalue weighted by Gasteiger charge is -1.93. The normalized spacial score (nSPS) is 10.1. The first-order valence-corrected chi connectivity index (χ1v) is 6.06. The van der Waals surface area contributed by atoms with Gasteiger partial charge in [0, 0.05) is 0 Å². The molecule has 1 rings (SSSR count). The first kappa shape index (κ1) is 13.9. The molecule has 1 N–H and O–H groups in total. The second-order valence-electron chi connectivity index (χ2n) is 3.12. The van der Waals surface area contributed by atoms with Crippen LogP contribution in [0.5, 0.6) is 0 Å². The molecule has 84 valence electrons. The second kappa shape index (κ2) is 6.37. The monoisotopic (exact) mass is 228 g/mol. The zero-order valence-electron chi connectivity index (χ0n) is 8.97. The maximum Gasteiger partial charge on any atom is 0.268 e. The summed E-state index contributed by atoms with van der Waals surface area (Å²) >= 11 is 0. The highest BCUT2D eigenvalue weighted by Gasteiger charge is 1.95. The molecule has 15 heavy (non-hydrogen) atoms. The van der Waals surface area contributed by atoms with Crippen LogP contribution in [0.3, 0.4) is 0 Å². The van der Waals surface area contributed by atoms with Crippen molar-refractivity contribution in [3.05, 3.63) is 48.0 Å². The molecule has 0 atom stereocenters. The van der Waals surface area contributed by atoms with Crippen molar-refractivity contribution in [3.63, 3.8) is 0 Å². The van der Waals surface area contributed by atoms with Crippen LogP contribution in [0, 0.1) is 13.8 Å². The first-order valence-electron chi connectivity index (χ1n) is 4.45. The maximum absolute atomic E-state index is 9.72. The molecular formula is C11H16O3S. The van der Waals surface area contributed by atoms with Crippen molar-refractivity contribution in [3.8, 4) is 0 Å². The fourth-order valence-electron chi connectivity index (χ4n) is 0.812. The standard InChI is InChI=1S/C8H10.C3H6O3S/c1-7-5-3-4-6-8(7)2;1-2-3-7(4,5)6/h3-6H,1-2H3;2H,1,3H2,(H,4,5,6). The first-order chi connectivity index (χ1) is 6.87. The Morgan fingerprint density at radius 3 is 1.80 bits per heavy atom. The van der Waals surface area contributed by atoms with Crippen molar-refractivity contribution in [1.82, 2.24) is 0 Å². The van der Waals surface area contributed by atoms with Crippen molar-refractivity contribution < 1.29 is 13.0 Å². The van der Waals surface area contributed by atoms with E-state index in [0.29, 0.717) is 0 Å². The zero-order chi connectivity index (χ0) is 11.9. The van der Waals surface area contributed by atoms with E-state index in [4.69, 9.17) is 4.55 Å². The predicted molar refractivity (Wildman–Crippen MR) is 62.5 cm³/mol. The average molecular weight is 228 g/mol. The molecule has 0 aliphatic heterocycles. The largest absolute Gasteiger partial charge is 0.285 e. The Kier molecular flexibility index (Phi) is 5.89. The van der Waals surface area contributed by atoms with Gasteiger partial charge in [-0.2, -0.15) is 8.42 Å².